The first-order valence-electron chi connectivity index (χ1n) is 4.73. The van der Waals surface area contributed by atoms with Crippen LogP contribution < -0.4 is 40.4 Å². The Morgan fingerprint density at radius 1 is 1.44 bits per heavy atom. The fourth-order valence-electron chi connectivity index (χ4n) is 1.10. The second kappa shape index (κ2) is 7.81. The Hall–Kier alpha value is -0.390. The molecule has 0 bridgehead atoms. The van der Waals surface area contributed by atoms with E-state index in [2.05, 4.69) is 0 Å². The van der Waals surface area contributed by atoms with E-state index in [9.17, 15) is 9.90 Å². The molecule has 1 aromatic carbocycles. The number of nitrogens with two attached hydrogens (primary N) is 1. The molecule has 82 valence electrons. The van der Waals surface area contributed by atoms with Crippen LogP contribution in [0.3, 0.4) is 0 Å². The van der Waals surface area contributed by atoms with Crippen LogP contribution >= 0.6 is 0 Å². The molecule has 0 fully saturated rings. The summed E-state index contributed by atoms with van der Waals surface area (Å²) < 4.78 is 5.31. The van der Waals surface area contributed by atoms with Gasteiger partial charge in [-0.05, 0) is 12.5 Å². The molecule has 0 amide bonds. The molecule has 2 N–H and O–H groups in total. The summed E-state index contributed by atoms with van der Waals surface area (Å²) in [5, 5.41) is 10.4. The average molecular weight is 231 g/mol. The normalized spacial score (nSPS) is 13.6. The maximum Gasteiger partial charge on any atom is 1.00 e. The van der Waals surface area contributed by atoms with E-state index in [0.29, 0.717) is 6.61 Å². The van der Waals surface area contributed by atoms with Gasteiger partial charge in [-0.3, -0.25) is 0 Å². The molecule has 0 radical (unpaired) electrons. The monoisotopic (exact) mass is 231 g/mol. The molecule has 0 aliphatic carbocycles. The molecule has 0 spiro atoms. The van der Waals surface area contributed by atoms with Gasteiger partial charge in [-0.15, -0.1) is 0 Å². The van der Waals surface area contributed by atoms with Crippen LogP contribution in [-0.2, 0) is 16.1 Å². The number of carboxylic acids is 1. The van der Waals surface area contributed by atoms with Crippen LogP contribution in [0.4, 0.5) is 0 Å². The summed E-state index contributed by atoms with van der Waals surface area (Å²) in [6.07, 6.45) is -0.560. The number of ether oxygens (including phenoxy) is 1. The first-order chi connectivity index (χ1) is 7.11. The molecular formula is C11H14NNaO3. The van der Waals surface area contributed by atoms with E-state index in [1.54, 1.807) is 6.92 Å². The predicted octanol–water partition coefficient (Wildman–Crippen LogP) is -3.33. The third kappa shape index (κ3) is 5.09. The van der Waals surface area contributed by atoms with E-state index in [1.807, 2.05) is 30.3 Å². The average Bonchev–Trinajstić information content (AvgIpc) is 2.26. The molecule has 0 aliphatic rings. The van der Waals surface area contributed by atoms with Crippen LogP contribution in [0.15, 0.2) is 30.3 Å². The van der Waals surface area contributed by atoms with Gasteiger partial charge in [0.2, 0.25) is 0 Å². The Morgan fingerprint density at radius 3 is 2.50 bits per heavy atom. The van der Waals surface area contributed by atoms with Crippen molar-refractivity contribution in [1.29, 1.82) is 0 Å². The summed E-state index contributed by atoms with van der Waals surface area (Å²) in [5.41, 5.74) is 6.32. The van der Waals surface area contributed by atoms with Crippen LogP contribution in [0.25, 0.3) is 0 Å². The van der Waals surface area contributed by atoms with Crippen LogP contribution in [0.2, 0.25) is 0 Å². The Labute approximate surface area is 117 Å². The summed E-state index contributed by atoms with van der Waals surface area (Å²) >= 11 is 0. The summed E-state index contributed by atoms with van der Waals surface area (Å²) in [6.45, 7) is 1.96. The van der Waals surface area contributed by atoms with Crippen molar-refractivity contribution in [1.82, 2.24) is 0 Å². The van der Waals surface area contributed by atoms with Crippen LogP contribution in [0.5, 0.6) is 0 Å². The first kappa shape index (κ1) is 15.6. The molecule has 0 saturated carbocycles. The number of hydrogen-bond acceptors (Lipinski definition) is 4. The quantitative estimate of drug-likeness (QED) is 0.538. The Bertz CT molecular complexity index is 318. The standard InChI is InChI=1S/C11H15NO3.Na/c1-8(10(12)11(13)14)15-7-9-5-3-2-4-6-9;/h2-6,8,10H,7,12H2,1H3,(H,13,14);/q;+1/p-1/t8-,10+;/m1./s1. The van der Waals surface area contributed by atoms with Crippen LogP contribution in [0.1, 0.15) is 12.5 Å². The van der Waals surface area contributed by atoms with Gasteiger partial charge in [-0.2, -0.15) is 0 Å². The zero-order chi connectivity index (χ0) is 11.3. The third-order valence-electron chi connectivity index (χ3n) is 2.13. The van der Waals surface area contributed by atoms with Crippen molar-refractivity contribution in [3.8, 4) is 0 Å². The SMILES string of the molecule is C[C@@H](OCc1ccccc1)[C@H](N)C(=O)[O-].[Na+]. The Morgan fingerprint density at radius 2 is 2.00 bits per heavy atom. The molecule has 0 aliphatic heterocycles. The Kier molecular flexibility index (Phi) is 7.62. The van der Waals surface area contributed by atoms with Crippen LogP contribution in [0, 0.1) is 0 Å². The van der Waals surface area contributed by atoms with E-state index in [-0.39, 0.29) is 29.6 Å². The van der Waals surface area contributed by atoms with Gasteiger partial charge in [-0.1, -0.05) is 30.3 Å². The van der Waals surface area contributed by atoms with Gasteiger partial charge in [0.1, 0.15) is 0 Å². The minimum Gasteiger partial charge on any atom is -0.548 e. The van der Waals surface area contributed by atoms with Crippen molar-refractivity contribution in [2.75, 3.05) is 0 Å². The summed E-state index contributed by atoms with van der Waals surface area (Å²) in [7, 11) is 0. The molecule has 0 unspecified atom stereocenters. The molecule has 2 atom stereocenters. The van der Waals surface area contributed by atoms with Crippen molar-refractivity contribution in [2.24, 2.45) is 5.73 Å². The van der Waals surface area contributed by atoms with Gasteiger partial charge < -0.3 is 20.4 Å². The number of aliphatic carboxylic acids is 1. The second-order valence-corrected chi connectivity index (χ2v) is 3.35. The molecule has 16 heavy (non-hydrogen) atoms. The third-order valence-corrected chi connectivity index (χ3v) is 2.13. The molecule has 4 nitrogen and oxygen atoms in total. The van der Waals surface area contributed by atoms with E-state index >= 15 is 0 Å². The van der Waals surface area contributed by atoms with E-state index < -0.39 is 18.1 Å². The van der Waals surface area contributed by atoms with E-state index in [1.165, 1.54) is 0 Å². The van der Waals surface area contributed by atoms with Gasteiger partial charge in [0.05, 0.1) is 24.7 Å². The minimum atomic E-state index is -1.30. The molecule has 1 aromatic rings. The Balaban J connectivity index is 0.00000225. The van der Waals surface area contributed by atoms with Gasteiger partial charge in [0.25, 0.3) is 0 Å². The zero-order valence-corrected chi connectivity index (χ0v) is 11.6. The number of carboxylic acid groups (broad SMARTS) is 1. The maximum absolute atomic E-state index is 10.4. The van der Waals surface area contributed by atoms with Crippen molar-refractivity contribution in [3.63, 3.8) is 0 Å². The largest absolute Gasteiger partial charge is 1.00 e. The maximum atomic E-state index is 10.4. The smallest absolute Gasteiger partial charge is 0.548 e. The second-order valence-electron chi connectivity index (χ2n) is 3.35. The molecular weight excluding hydrogens is 217 g/mol. The topological polar surface area (TPSA) is 75.4 Å². The summed E-state index contributed by atoms with van der Waals surface area (Å²) in [6, 6.07) is 8.40. The molecule has 0 heterocycles. The van der Waals surface area contributed by atoms with Gasteiger partial charge >= 0.3 is 29.6 Å². The predicted molar refractivity (Wildman–Crippen MR) is 53.7 cm³/mol. The number of carbonyl (C=O) groups excluding carboxylic acids is 1. The fourth-order valence-corrected chi connectivity index (χ4v) is 1.10. The summed E-state index contributed by atoms with van der Waals surface area (Å²) in [4.78, 5) is 10.4. The number of hydrogen-bond donors (Lipinski definition) is 1. The van der Waals surface area contributed by atoms with Crippen LogP contribution in [-0.4, -0.2) is 18.1 Å². The van der Waals surface area contributed by atoms with Crippen molar-refractivity contribution in [3.05, 3.63) is 35.9 Å². The van der Waals surface area contributed by atoms with E-state index in [0.717, 1.165) is 5.56 Å². The molecule has 0 aromatic heterocycles. The number of carbonyl (C=O) groups is 1. The minimum absolute atomic E-state index is 0. The molecule has 0 saturated heterocycles. The van der Waals surface area contributed by atoms with E-state index in [4.69, 9.17) is 10.5 Å². The molecule has 5 heteroatoms. The van der Waals surface area contributed by atoms with Gasteiger partial charge in [0.15, 0.2) is 0 Å². The fraction of sp³-hybridized carbons (Fsp3) is 0.364. The van der Waals surface area contributed by atoms with Gasteiger partial charge in [-0.25, -0.2) is 0 Å². The number of rotatable bonds is 5. The zero-order valence-electron chi connectivity index (χ0n) is 9.55. The van der Waals surface area contributed by atoms with Gasteiger partial charge in [0, 0.05) is 0 Å². The van der Waals surface area contributed by atoms with Crippen molar-refractivity contribution < 1.29 is 44.2 Å². The summed E-state index contributed by atoms with van der Waals surface area (Å²) in [5.74, 6) is -1.30. The number of benzene rings is 1. The first-order valence-corrected chi connectivity index (χ1v) is 4.73. The van der Waals surface area contributed by atoms with Crippen molar-refractivity contribution in [2.45, 2.75) is 25.7 Å². The molecule has 1 rings (SSSR count). The van der Waals surface area contributed by atoms with Crippen molar-refractivity contribution >= 4 is 5.97 Å².